The van der Waals surface area contributed by atoms with Crippen LogP contribution < -0.4 is 5.32 Å². The fraction of sp³-hybridized carbons (Fsp3) is 0.318. The molecule has 0 bridgehead atoms. The zero-order valence-corrected chi connectivity index (χ0v) is 18.6. The highest BCUT2D eigenvalue weighted by atomic mass is 32.2. The summed E-state index contributed by atoms with van der Waals surface area (Å²) in [7, 11) is -3.40. The molecule has 1 aromatic heterocycles. The van der Waals surface area contributed by atoms with Crippen molar-refractivity contribution in [2.45, 2.75) is 6.54 Å². The third kappa shape index (κ3) is 4.94. The van der Waals surface area contributed by atoms with Gasteiger partial charge in [-0.1, -0.05) is 36.4 Å². The largest absolute Gasteiger partial charge is 0.350 e. The average Bonchev–Trinajstić information content (AvgIpc) is 3.14. The quantitative estimate of drug-likeness (QED) is 0.587. The topological polar surface area (TPSA) is 71.4 Å². The second kappa shape index (κ2) is 9.42. The van der Waals surface area contributed by atoms with E-state index >= 15 is 0 Å². The molecule has 1 N–H and O–H groups in total. The molecule has 3 aromatic rings. The number of hydrogen-bond acceptors (Lipinski definition) is 4. The summed E-state index contributed by atoms with van der Waals surface area (Å²) in [4.78, 5) is 12.9. The molecule has 1 saturated heterocycles. The van der Waals surface area contributed by atoms with Gasteiger partial charge in [-0.05, 0) is 18.2 Å². The lowest BCUT2D eigenvalue weighted by atomic mass is 10.2. The summed E-state index contributed by atoms with van der Waals surface area (Å²) >= 11 is 1.74. The Hall–Kier alpha value is -2.36. The Kier molecular flexibility index (Phi) is 6.64. The Balaban J connectivity index is 1.52. The normalized spacial score (nSPS) is 15.3. The SMILES string of the molecule is O=C(NCCS(=O)(=O)N1CCSCC1)c1cc2ccccc2n1Cc1ccccc1F. The van der Waals surface area contributed by atoms with E-state index in [1.807, 2.05) is 24.3 Å². The first-order valence-electron chi connectivity index (χ1n) is 10.1. The van der Waals surface area contributed by atoms with E-state index in [0.29, 0.717) is 24.3 Å². The molecule has 2 aromatic carbocycles. The molecule has 1 fully saturated rings. The first kappa shape index (κ1) is 21.9. The smallest absolute Gasteiger partial charge is 0.267 e. The van der Waals surface area contributed by atoms with Gasteiger partial charge in [0.15, 0.2) is 0 Å². The average molecular weight is 462 g/mol. The van der Waals surface area contributed by atoms with Gasteiger partial charge in [-0.2, -0.15) is 11.8 Å². The first-order chi connectivity index (χ1) is 15.0. The zero-order valence-electron chi connectivity index (χ0n) is 17.0. The van der Waals surface area contributed by atoms with Crippen LogP contribution in [0.2, 0.25) is 0 Å². The van der Waals surface area contributed by atoms with Crippen LogP contribution in [0.15, 0.2) is 54.6 Å². The molecule has 2 heterocycles. The Morgan fingerprint density at radius 3 is 2.55 bits per heavy atom. The molecule has 1 aliphatic rings. The molecule has 1 amide bonds. The number of nitrogens with one attached hydrogen (secondary N) is 1. The van der Waals surface area contributed by atoms with E-state index in [1.165, 1.54) is 10.4 Å². The minimum atomic E-state index is -3.40. The Morgan fingerprint density at radius 2 is 1.77 bits per heavy atom. The number of sulfonamides is 1. The van der Waals surface area contributed by atoms with E-state index in [4.69, 9.17) is 0 Å². The number of thioether (sulfide) groups is 1. The minimum absolute atomic E-state index is 0.0199. The molecule has 31 heavy (non-hydrogen) atoms. The van der Waals surface area contributed by atoms with Crippen LogP contribution in [0.3, 0.4) is 0 Å². The Morgan fingerprint density at radius 1 is 1.06 bits per heavy atom. The van der Waals surface area contributed by atoms with Gasteiger partial charge in [0, 0.05) is 47.6 Å². The second-order valence-electron chi connectivity index (χ2n) is 7.35. The van der Waals surface area contributed by atoms with Crippen molar-refractivity contribution in [1.29, 1.82) is 0 Å². The van der Waals surface area contributed by atoms with Gasteiger partial charge in [-0.15, -0.1) is 0 Å². The number of amides is 1. The summed E-state index contributed by atoms with van der Waals surface area (Å²) in [6.07, 6.45) is 0. The summed E-state index contributed by atoms with van der Waals surface area (Å²) in [6.45, 7) is 1.24. The van der Waals surface area contributed by atoms with Crippen LogP contribution in [-0.2, 0) is 16.6 Å². The highest BCUT2D eigenvalue weighted by Gasteiger charge is 2.24. The highest BCUT2D eigenvalue weighted by Crippen LogP contribution is 2.22. The summed E-state index contributed by atoms with van der Waals surface area (Å²) in [6, 6.07) is 15.7. The molecular formula is C22H24FN3O3S2. The number of carbonyl (C=O) groups is 1. The molecule has 4 rings (SSSR count). The molecule has 164 valence electrons. The van der Waals surface area contributed by atoms with Gasteiger partial charge < -0.3 is 9.88 Å². The monoisotopic (exact) mass is 461 g/mol. The van der Waals surface area contributed by atoms with E-state index in [0.717, 1.165) is 22.4 Å². The number of halogens is 1. The van der Waals surface area contributed by atoms with Crippen molar-refractivity contribution in [3.8, 4) is 0 Å². The molecular weight excluding hydrogens is 437 g/mol. The predicted octanol–water partition coefficient (Wildman–Crippen LogP) is 2.94. The van der Waals surface area contributed by atoms with Crippen LogP contribution in [0.5, 0.6) is 0 Å². The maximum Gasteiger partial charge on any atom is 0.267 e. The Bertz CT molecular complexity index is 1190. The third-order valence-corrected chi connectivity index (χ3v) is 8.15. The predicted molar refractivity (Wildman–Crippen MR) is 122 cm³/mol. The van der Waals surface area contributed by atoms with E-state index in [9.17, 15) is 17.6 Å². The summed E-state index contributed by atoms with van der Waals surface area (Å²) in [5.74, 6) is 0.731. The van der Waals surface area contributed by atoms with Gasteiger partial charge in [0.05, 0.1) is 12.3 Å². The van der Waals surface area contributed by atoms with Crippen molar-refractivity contribution < 1.29 is 17.6 Å². The summed E-state index contributed by atoms with van der Waals surface area (Å²) in [5, 5.41) is 3.59. The molecule has 0 spiro atoms. The molecule has 0 saturated carbocycles. The van der Waals surface area contributed by atoms with Gasteiger partial charge in [-0.3, -0.25) is 4.79 Å². The molecule has 0 unspecified atom stereocenters. The summed E-state index contributed by atoms with van der Waals surface area (Å²) < 4.78 is 42.5. The molecule has 0 atom stereocenters. The molecule has 9 heteroatoms. The van der Waals surface area contributed by atoms with Crippen LogP contribution in [0.4, 0.5) is 4.39 Å². The van der Waals surface area contributed by atoms with E-state index in [1.54, 1.807) is 40.6 Å². The van der Waals surface area contributed by atoms with E-state index in [2.05, 4.69) is 5.32 Å². The fourth-order valence-electron chi connectivity index (χ4n) is 3.70. The van der Waals surface area contributed by atoms with Crippen molar-refractivity contribution in [2.75, 3.05) is 36.9 Å². The number of hydrogen-bond donors (Lipinski definition) is 1. The first-order valence-corrected chi connectivity index (χ1v) is 12.9. The third-order valence-electron chi connectivity index (χ3n) is 5.34. The van der Waals surface area contributed by atoms with Crippen LogP contribution in [0.25, 0.3) is 10.9 Å². The van der Waals surface area contributed by atoms with Gasteiger partial charge >= 0.3 is 0 Å². The molecule has 6 nitrogen and oxygen atoms in total. The van der Waals surface area contributed by atoms with Gasteiger partial charge in [0.25, 0.3) is 5.91 Å². The van der Waals surface area contributed by atoms with Crippen LogP contribution in [0, 0.1) is 5.82 Å². The molecule has 0 radical (unpaired) electrons. The lowest BCUT2D eigenvalue weighted by Gasteiger charge is -2.25. The fourth-order valence-corrected chi connectivity index (χ4v) is 6.20. The minimum Gasteiger partial charge on any atom is -0.350 e. The molecule has 0 aliphatic carbocycles. The van der Waals surface area contributed by atoms with Crippen LogP contribution in [-0.4, -0.2) is 60.1 Å². The highest BCUT2D eigenvalue weighted by molar-refractivity contribution is 7.99. The number of carbonyl (C=O) groups excluding carboxylic acids is 1. The van der Waals surface area contributed by atoms with Crippen LogP contribution in [0.1, 0.15) is 16.1 Å². The number of rotatable bonds is 7. The molecule has 1 aliphatic heterocycles. The van der Waals surface area contributed by atoms with Gasteiger partial charge in [0.2, 0.25) is 10.0 Å². The zero-order chi connectivity index (χ0) is 21.8. The van der Waals surface area contributed by atoms with Crippen LogP contribution >= 0.6 is 11.8 Å². The van der Waals surface area contributed by atoms with Crippen molar-refractivity contribution >= 4 is 38.6 Å². The maximum absolute atomic E-state index is 14.2. The standard InChI is InChI=1S/C22H24FN3O3S2/c23-19-7-3-1-6-18(19)16-26-20-8-4-2-5-17(20)15-21(26)22(27)24-9-14-31(28,29)25-10-12-30-13-11-25/h1-8,15H,9-14,16H2,(H,24,27). The van der Waals surface area contributed by atoms with Crippen molar-refractivity contribution in [3.63, 3.8) is 0 Å². The number of aromatic nitrogens is 1. The van der Waals surface area contributed by atoms with Crippen molar-refractivity contribution in [1.82, 2.24) is 14.2 Å². The number of para-hydroxylation sites is 1. The van der Waals surface area contributed by atoms with Gasteiger partial charge in [0.1, 0.15) is 11.5 Å². The second-order valence-corrected chi connectivity index (χ2v) is 10.7. The lowest BCUT2D eigenvalue weighted by molar-refractivity contribution is 0.0947. The van der Waals surface area contributed by atoms with Gasteiger partial charge in [-0.25, -0.2) is 17.1 Å². The van der Waals surface area contributed by atoms with Crippen molar-refractivity contribution in [3.05, 3.63) is 71.7 Å². The summed E-state index contributed by atoms with van der Waals surface area (Å²) in [5.41, 5.74) is 1.66. The van der Waals surface area contributed by atoms with E-state index in [-0.39, 0.29) is 30.6 Å². The number of fused-ring (bicyclic) bond motifs is 1. The van der Waals surface area contributed by atoms with E-state index < -0.39 is 10.0 Å². The maximum atomic E-state index is 14.2. The lowest BCUT2D eigenvalue weighted by Crippen LogP contribution is -2.42. The van der Waals surface area contributed by atoms with Crippen molar-refractivity contribution in [2.24, 2.45) is 0 Å². The number of nitrogens with zero attached hydrogens (tertiary/aromatic N) is 2. The Labute approximate surface area is 185 Å². The number of benzene rings is 2.